The van der Waals surface area contributed by atoms with Crippen molar-refractivity contribution in [3.8, 4) is 0 Å². The zero-order valence-electron chi connectivity index (χ0n) is 11.9. The minimum absolute atomic E-state index is 0.0496. The molecule has 0 spiro atoms. The molecule has 3 nitrogen and oxygen atoms in total. The van der Waals surface area contributed by atoms with E-state index in [0.29, 0.717) is 19.3 Å². The van der Waals surface area contributed by atoms with Gasteiger partial charge in [0.05, 0.1) is 18.8 Å². The largest absolute Gasteiger partial charge is 0.379 e. The van der Waals surface area contributed by atoms with E-state index in [1.807, 2.05) is 0 Å². The summed E-state index contributed by atoms with van der Waals surface area (Å²) in [5.74, 6) is 0.809. The van der Waals surface area contributed by atoms with E-state index in [0.717, 1.165) is 12.5 Å². The average molecular weight is 243 g/mol. The molecule has 3 heteroatoms. The molecule has 1 saturated carbocycles. The molecule has 1 aliphatic rings. The van der Waals surface area contributed by atoms with Crippen LogP contribution in [0, 0.1) is 5.92 Å². The Kier molecular flexibility index (Phi) is 6.45. The van der Waals surface area contributed by atoms with Gasteiger partial charge in [-0.1, -0.05) is 6.42 Å². The minimum atomic E-state index is -0.0496. The van der Waals surface area contributed by atoms with Crippen LogP contribution in [0.1, 0.15) is 46.5 Å². The maximum atomic E-state index is 5.63. The summed E-state index contributed by atoms with van der Waals surface area (Å²) in [7, 11) is 2.07. The quantitative estimate of drug-likeness (QED) is 0.697. The minimum Gasteiger partial charge on any atom is -0.379 e. The van der Waals surface area contributed by atoms with Crippen molar-refractivity contribution in [1.29, 1.82) is 0 Å². The van der Waals surface area contributed by atoms with Gasteiger partial charge in [-0.25, -0.2) is 0 Å². The molecular weight excluding hydrogens is 214 g/mol. The highest BCUT2D eigenvalue weighted by atomic mass is 16.5. The van der Waals surface area contributed by atoms with E-state index in [1.54, 1.807) is 0 Å². The average Bonchev–Trinajstić information content (AvgIpc) is 2.69. The Morgan fingerprint density at radius 1 is 1.12 bits per heavy atom. The van der Waals surface area contributed by atoms with Gasteiger partial charge in [0.1, 0.15) is 0 Å². The van der Waals surface area contributed by atoms with Gasteiger partial charge in [0.2, 0.25) is 0 Å². The van der Waals surface area contributed by atoms with E-state index in [9.17, 15) is 0 Å². The number of ether oxygens (including phenoxy) is 2. The summed E-state index contributed by atoms with van der Waals surface area (Å²) in [5.41, 5.74) is -0.0496. The Labute approximate surface area is 106 Å². The molecule has 2 atom stereocenters. The molecule has 0 saturated heterocycles. The van der Waals surface area contributed by atoms with Crippen molar-refractivity contribution >= 4 is 0 Å². The maximum Gasteiger partial charge on any atom is 0.0707 e. The van der Waals surface area contributed by atoms with Gasteiger partial charge in [0.15, 0.2) is 0 Å². The van der Waals surface area contributed by atoms with Crippen LogP contribution in [0.3, 0.4) is 0 Å². The fraction of sp³-hybridized carbons (Fsp3) is 1.00. The highest BCUT2D eigenvalue weighted by molar-refractivity contribution is 4.81. The van der Waals surface area contributed by atoms with Crippen molar-refractivity contribution in [1.82, 2.24) is 5.32 Å². The van der Waals surface area contributed by atoms with Crippen molar-refractivity contribution < 1.29 is 9.47 Å². The predicted molar refractivity (Wildman–Crippen MR) is 71.3 cm³/mol. The van der Waals surface area contributed by atoms with Gasteiger partial charge in [-0.2, -0.15) is 0 Å². The summed E-state index contributed by atoms with van der Waals surface area (Å²) in [6, 6.07) is 0.712. The molecule has 1 N–H and O–H groups in total. The van der Waals surface area contributed by atoms with Crippen LogP contribution < -0.4 is 5.32 Å². The summed E-state index contributed by atoms with van der Waals surface area (Å²) in [6.07, 6.45) is 5.23. The van der Waals surface area contributed by atoms with Gasteiger partial charge < -0.3 is 14.8 Å². The first-order valence-corrected chi connectivity index (χ1v) is 6.92. The predicted octanol–water partition coefficient (Wildman–Crippen LogP) is 2.60. The van der Waals surface area contributed by atoms with E-state index < -0.39 is 0 Å². The van der Waals surface area contributed by atoms with Crippen molar-refractivity contribution in [2.45, 2.75) is 58.1 Å². The smallest absolute Gasteiger partial charge is 0.0707 e. The standard InChI is InChI=1S/C14H29NO2/c1-14(2,3)17-11-10-16-9-8-12-6-5-7-13(12)15-4/h12-13,15H,5-11H2,1-4H3. The van der Waals surface area contributed by atoms with Gasteiger partial charge in [-0.15, -0.1) is 0 Å². The third kappa shape index (κ3) is 6.39. The summed E-state index contributed by atoms with van der Waals surface area (Å²) in [6.45, 7) is 8.50. The molecule has 0 radical (unpaired) electrons. The molecule has 102 valence electrons. The maximum absolute atomic E-state index is 5.63. The number of hydrogen-bond donors (Lipinski definition) is 1. The zero-order chi connectivity index (χ0) is 12.7. The monoisotopic (exact) mass is 243 g/mol. The van der Waals surface area contributed by atoms with E-state index >= 15 is 0 Å². The van der Waals surface area contributed by atoms with Crippen LogP contribution in [0.15, 0.2) is 0 Å². The molecule has 0 aromatic carbocycles. The SMILES string of the molecule is CNC1CCCC1CCOCCOC(C)(C)C. The Balaban J connectivity index is 1.97. The van der Waals surface area contributed by atoms with Crippen molar-refractivity contribution in [3.05, 3.63) is 0 Å². The molecule has 0 heterocycles. The normalized spacial score (nSPS) is 25.4. The summed E-state index contributed by atoms with van der Waals surface area (Å²) in [4.78, 5) is 0. The van der Waals surface area contributed by atoms with Gasteiger partial charge in [0, 0.05) is 12.6 Å². The molecule has 2 unspecified atom stereocenters. The lowest BCUT2D eigenvalue weighted by Crippen LogP contribution is -2.29. The number of hydrogen-bond acceptors (Lipinski definition) is 3. The Hall–Kier alpha value is -0.120. The van der Waals surface area contributed by atoms with Gasteiger partial charge in [0.25, 0.3) is 0 Å². The van der Waals surface area contributed by atoms with Crippen LogP contribution in [0.4, 0.5) is 0 Å². The fourth-order valence-corrected chi connectivity index (χ4v) is 2.51. The zero-order valence-corrected chi connectivity index (χ0v) is 11.9. The third-order valence-electron chi connectivity index (χ3n) is 3.43. The molecule has 0 aliphatic heterocycles. The van der Waals surface area contributed by atoms with E-state index in [2.05, 4.69) is 33.1 Å². The Bertz CT molecular complexity index is 201. The number of rotatable bonds is 7. The van der Waals surface area contributed by atoms with Crippen LogP contribution in [0.5, 0.6) is 0 Å². The number of nitrogens with one attached hydrogen (secondary N) is 1. The second-order valence-electron chi connectivity index (χ2n) is 5.95. The molecule has 1 aliphatic carbocycles. The summed E-state index contributed by atoms with van der Waals surface area (Å²) >= 11 is 0. The van der Waals surface area contributed by atoms with Crippen LogP contribution in [-0.2, 0) is 9.47 Å². The van der Waals surface area contributed by atoms with Gasteiger partial charge in [-0.3, -0.25) is 0 Å². The van der Waals surface area contributed by atoms with E-state index in [-0.39, 0.29) is 5.60 Å². The molecule has 0 bridgehead atoms. The van der Waals surface area contributed by atoms with Crippen molar-refractivity contribution in [2.24, 2.45) is 5.92 Å². The van der Waals surface area contributed by atoms with Gasteiger partial charge >= 0.3 is 0 Å². The lowest BCUT2D eigenvalue weighted by Gasteiger charge is -2.20. The first-order valence-electron chi connectivity index (χ1n) is 6.92. The lowest BCUT2D eigenvalue weighted by atomic mass is 10.0. The summed E-state index contributed by atoms with van der Waals surface area (Å²) < 4.78 is 11.2. The van der Waals surface area contributed by atoms with Crippen LogP contribution in [0.25, 0.3) is 0 Å². The lowest BCUT2D eigenvalue weighted by molar-refractivity contribution is -0.0362. The second-order valence-corrected chi connectivity index (χ2v) is 5.95. The van der Waals surface area contributed by atoms with Gasteiger partial charge in [-0.05, 0) is 53.0 Å². The van der Waals surface area contributed by atoms with E-state index in [4.69, 9.17) is 9.47 Å². The molecule has 1 rings (SSSR count). The molecule has 1 fully saturated rings. The first-order chi connectivity index (χ1) is 8.03. The third-order valence-corrected chi connectivity index (χ3v) is 3.43. The molecule has 0 amide bonds. The molecule has 0 aromatic rings. The topological polar surface area (TPSA) is 30.5 Å². The Morgan fingerprint density at radius 3 is 2.53 bits per heavy atom. The summed E-state index contributed by atoms with van der Waals surface area (Å²) in [5, 5.41) is 3.41. The highest BCUT2D eigenvalue weighted by Crippen LogP contribution is 2.27. The Morgan fingerprint density at radius 2 is 1.88 bits per heavy atom. The van der Waals surface area contributed by atoms with Crippen molar-refractivity contribution in [3.63, 3.8) is 0 Å². The molecular formula is C14H29NO2. The van der Waals surface area contributed by atoms with Crippen LogP contribution >= 0.6 is 0 Å². The van der Waals surface area contributed by atoms with Crippen LogP contribution in [0.2, 0.25) is 0 Å². The van der Waals surface area contributed by atoms with Crippen molar-refractivity contribution in [2.75, 3.05) is 26.9 Å². The molecule has 0 aromatic heterocycles. The first kappa shape index (κ1) is 14.9. The highest BCUT2D eigenvalue weighted by Gasteiger charge is 2.25. The molecule has 17 heavy (non-hydrogen) atoms. The second kappa shape index (κ2) is 7.34. The van der Waals surface area contributed by atoms with E-state index in [1.165, 1.54) is 25.7 Å². The van der Waals surface area contributed by atoms with Crippen LogP contribution in [-0.4, -0.2) is 38.5 Å². The fourth-order valence-electron chi connectivity index (χ4n) is 2.51.